The van der Waals surface area contributed by atoms with Crippen LogP contribution < -0.4 is 5.32 Å². The van der Waals surface area contributed by atoms with Gasteiger partial charge in [0.25, 0.3) is 0 Å². The predicted molar refractivity (Wildman–Crippen MR) is 60.1 cm³/mol. The molecule has 1 rings (SSSR count). The quantitative estimate of drug-likeness (QED) is 0.717. The lowest BCUT2D eigenvalue weighted by Gasteiger charge is -2.27. The van der Waals surface area contributed by atoms with Gasteiger partial charge in [-0.1, -0.05) is 0 Å². The molecule has 5 nitrogen and oxygen atoms in total. The van der Waals surface area contributed by atoms with Crippen LogP contribution in [0.3, 0.4) is 0 Å². The number of nitrogens with one attached hydrogen (secondary N) is 1. The van der Waals surface area contributed by atoms with Crippen molar-refractivity contribution in [1.29, 1.82) is 0 Å². The Bertz CT molecular complexity index is 250. The fourth-order valence-electron chi connectivity index (χ4n) is 1.96. The minimum Gasteiger partial charge on any atom is -0.480 e. The number of carboxylic acids is 1. The van der Waals surface area contributed by atoms with Gasteiger partial charge in [0.15, 0.2) is 0 Å². The molecule has 0 spiro atoms. The molecule has 1 heterocycles. The highest BCUT2D eigenvalue weighted by molar-refractivity contribution is 5.78. The zero-order valence-electron chi connectivity index (χ0n) is 9.74. The Hall–Kier alpha value is -1.10. The Morgan fingerprint density at radius 2 is 1.94 bits per heavy atom. The van der Waals surface area contributed by atoms with Crippen molar-refractivity contribution in [2.75, 3.05) is 20.1 Å². The highest BCUT2D eigenvalue weighted by atomic mass is 16.4. The van der Waals surface area contributed by atoms with Crippen LogP contribution in [0.15, 0.2) is 0 Å². The van der Waals surface area contributed by atoms with Crippen LogP contribution >= 0.6 is 0 Å². The number of hydrogen-bond acceptors (Lipinski definition) is 3. The number of aliphatic carboxylic acids is 1. The van der Waals surface area contributed by atoms with Gasteiger partial charge in [0.05, 0.1) is 0 Å². The van der Waals surface area contributed by atoms with E-state index in [4.69, 9.17) is 5.11 Å². The third kappa shape index (κ3) is 3.81. The van der Waals surface area contributed by atoms with Crippen molar-refractivity contribution in [2.45, 2.75) is 38.1 Å². The number of likely N-dealkylation sites (N-methyl/N-ethyl adjacent to an activating group) is 1. The van der Waals surface area contributed by atoms with Crippen molar-refractivity contribution in [3.8, 4) is 0 Å². The lowest BCUT2D eigenvalue weighted by atomic mass is 10.1. The summed E-state index contributed by atoms with van der Waals surface area (Å²) in [4.78, 5) is 24.3. The Kier molecular flexibility index (Phi) is 5.25. The van der Waals surface area contributed by atoms with Crippen LogP contribution in [0.1, 0.15) is 32.1 Å². The zero-order chi connectivity index (χ0) is 12.0. The van der Waals surface area contributed by atoms with E-state index in [1.54, 1.807) is 7.05 Å². The van der Waals surface area contributed by atoms with Crippen molar-refractivity contribution >= 4 is 11.9 Å². The van der Waals surface area contributed by atoms with E-state index >= 15 is 0 Å². The summed E-state index contributed by atoms with van der Waals surface area (Å²) >= 11 is 0. The molecule has 92 valence electrons. The molecule has 1 amide bonds. The minimum absolute atomic E-state index is 0.0844. The van der Waals surface area contributed by atoms with Gasteiger partial charge in [-0.15, -0.1) is 0 Å². The van der Waals surface area contributed by atoms with Gasteiger partial charge in [-0.3, -0.25) is 9.59 Å². The molecule has 1 fully saturated rings. The summed E-state index contributed by atoms with van der Waals surface area (Å²) in [7, 11) is 1.60. The molecule has 1 aliphatic heterocycles. The van der Waals surface area contributed by atoms with Crippen LogP contribution in [-0.2, 0) is 9.59 Å². The van der Waals surface area contributed by atoms with Gasteiger partial charge in [0, 0.05) is 19.5 Å². The average Bonchev–Trinajstić information content (AvgIpc) is 2.30. The van der Waals surface area contributed by atoms with Crippen LogP contribution in [0, 0.1) is 0 Å². The van der Waals surface area contributed by atoms with Gasteiger partial charge in [-0.25, -0.2) is 0 Å². The van der Waals surface area contributed by atoms with Crippen LogP contribution in [0.25, 0.3) is 0 Å². The topological polar surface area (TPSA) is 69.6 Å². The third-order valence-corrected chi connectivity index (χ3v) is 3.00. The van der Waals surface area contributed by atoms with Crippen LogP contribution in [0.4, 0.5) is 0 Å². The Morgan fingerprint density at radius 3 is 2.44 bits per heavy atom. The number of hydrogen-bond donors (Lipinski definition) is 2. The summed E-state index contributed by atoms with van der Waals surface area (Å²) < 4.78 is 0. The van der Waals surface area contributed by atoms with Crippen molar-refractivity contribution < 1.29 is 14.7 Å². The molecule has 16 heavy (non-hydrogen) atoms. The van der Waals surface area contributed by atoms with Crippen molar-refractivity contribution in [2.24, 2.45) is 0 Å². The lowest BCUT2D eigenvalue weighted by Crippen LogP contribution is -2.38. The maximum Gasteiger partial charge on any atom is 0.320 e. The number of amides is 1. The van der Waals surface area contributed by atoms with Crippen LogP contribution in [0.2, 0.25) is 0 Å². The zero-order valence-corrected chi connectivity index (χ0v) is 9.74. The molecular weight excluding hydrogens is 208 g/mol. The Balaban J connectivity index is 2.30. The van der Waals surface area contributed by atoms with Gasteiger partial charge < -0.3 is 15.3 Å². The standard InChI is InChI=1S/C11H20N2O3/c1-12-9(11(15)16)5-6-10(14)13-7-3-2-4-8-13/h9,12H,2-8H2,1H3,(H,15,16). The summed E-state index contributed by atoms with van der Waals surface area (Å²) in [5, 5.41) is 11.5. The maximum atomic E-state index is 11.7. The molecule has 0 aromatic heterocycles. The highest BCUT2D eigenvalue weighted by Gasteiger charge is 2.20. The van der Waals surface area contributed by atoms with E-state index < -0.39 is 12.0 Å². The van der Waals surface area contributed by atoms with Gasteiger partial charge in [0.2, 0.25) is 5.91 Å². The second kappa shape index (κ2) is 6.48. The van der Waals surface area contributed by atoms with Crippen LogP contribution in [0.5, 0.6) is 0 Å². The van der Waals surface area contributed by atoms with Gasteiger partial charge in [-0.2, -0.15) is 0 Å². The predicted octanol–water partition coefficient (Wildman–Crippen LogP) is 0.452. The number of carboxylic acid groups (broad SMARTS) is 1. The molecule has 5 heteroatoms. The van der Waals surface area contributed by atoms with E-state index in [-0.39, 0.29) is 5.91 Å². The first-order chi connectivity index (χ1) is 7.65. The first-order valence-corrected chi connectivity index (χ1v) is 5.83. The summed E-state index contributed by atoms with van der Waals surface area (Å²) in [6.45, 7) is 1.66. The van der Waals surface area contributed by atoms with E-state index in [1.807, 2.05) is 4.90 Å². The second-order valence-corrected chi connectivity index (χ2v) is 4.16. The molecule has 0 aromatic carbocycles. The molecule has 0 radical (unpaired) electrons. The van der Waals surface area contributed by atoms with Crippen molar-refractivity contribution in [1.82, 2.24) is 10.2 Å². The first kappa shape index (κ1) is 13.0. The molecule has 1 aliphatic rings. The smallest absolute Gasteiger partial charge is 0.320 e. The molecule has 2 N–H and O–H groups in total. The fraction of sp³-hybridized carbons (Fsp3) is 0.818. The normalized spacial score (nSPS) is 18.2. The van der Waals surface area contributed by atoms with Crippen molar-refractivity contribution in [3.05, 3.63) is 0 Å². The average molecular weight is 228 g/mol. The molecule has 0 bridgehead atoms. The fourth-order valence-corrected chi connectivity index (χ4v) is 1.96. The van der Waals surface area contributed by atoms with Crippen molar-refractivity contribution in [3.63, 3.8) is 0 Å². The summed E-state index contributed by atoms with van der Waals surface area (Å²) in [6.07, 6.45) is 4.01. The monoisotopic (exact) mass is 228 g/mol. The number of rotatable bonds is 5. The summed E-state index contributed by atoms with van der Waals surface area (Å²) in [5.74, 6) is -0.810. The minimum atomic E-state index is -0.894. The lowest BCUT2D eigenvalue weighted by molar-refractivity contribution is -0.139. The second-order valence-electron chi connectivity index (χ2n) is 4.16. The Morgan fingerprint density at radius 1 is 1.31 bits per heavy atom. The molecule has 0 aliphatic carbocycles. The molecule has 1 atom stereocenters. The molecule has 1 saturated heterocycles. The highest BCUT2D eigenvalue weighted by Crippen LogP contribution is 2.11. The molecule has 0 saturated carbocycles. The number of carbonyl (C=O) groups is 2. The number of nitrogens with zero attached hydrogens (tertiary/aromatic N) is 1. The molecule has 1 unspecified atom stereocenters. The molecule has 0 aromatic rings. The van der Waals surface area contributed by atoms with Gasteiger partial charge in [0.1, 0.15) is 6.04 Å². The van der Waals surface area contributed by atoms with E-state index in [0.29, 0.717) is 12.8 Å². The maximum absolute atomic E-state index is 11.7. The third-order valence-electron chi connectivity index (χ3n) is 3.00. The number of likely N-dealkylation sites (tertiary alicyclic amines) is 1. The SMILES string of the molecule is CNC(CCC(=O)N1CCCCC1)C(=O)O. The summed E-state index contributed by atoms with van der Waals surface area (Å²) in [6, 6.07) is -0.617. The molecular formula is C11H20N2O3. The van der Waals surface area contributed by atoms with E-state index in [2.05, 4.69) is 5.32 Å². The first-order valence-electron chi connectivity index (χ1n) is 5.83. The number of carbonyl (C=O) groups excluding carboxylic acids is 1. The van der Waals surface area contributed by atoms with E-state index in [0.717, 1.165) is 25.9 Å². The largest absolute Gasteiger partial charge is 0.480 e. The van der Waals surface area contributed by atoms with E-state index in [9.17, 15) is 9.59 Å². The Labute approximate surface area is 95.8 Å². The summed E-state index contributed by atoms with van der Waals surface area (Å²) in [5.41, 5.74) is 0. The van der Waals surface area contributed by atoms with E-state index in [1.165, 1.54) is 6.42 Å². The van der Waals surface area contributed by atoms with Gasteiger partial charge >= 0.3 is 5.97 Å². The van der Waals surface area contributed by atoms with Crippen LogP contribution in [-0.4, -0.2) is 48.1 Å². The number of piperidine rings is 1. The van der Waals surface area contributed by atoms with Gasteiger partial charge in [-0.05, 0) is 32.7 Å².